The van der Waals surface area contributed by atoms with Crippen molar-refractivity contribution >= 4 is 11.7 Å². The molecule has 6 heteroatoms. The predicted octanol–water partition coefficient (Wildman–Crippen LogP) is 6.33. The molecule has 3 saturated carbocycles. The van der Waals surface area contributed by atoms with Crippen molar-refractivity contribution in [1.82, 2.24) is 9.88 Å². The fraction of sp³-hybridized carbons (Fsp3) is 0.743. The number of carbonyl (C=O) groups excluding carboxylic acids is 2. The Morgan fingerprint density at radius 3 is 2.63 bits per heavy atom. The van der Waals surface area contributed by atoms with Crippen LogP contribution in [0.5, 0.6) is 5.75 Å². The lowest BCUT2D eigenvalue weighted by molar-refractivity contribution is -0.139. The van der Waals surface area contributed by atoms with E-state index in [2.05, 4.69) is 31.8 Å². The molecule has 41 heavy (non-hydrogen) atoms. The molecular weight excluding hydrogens is 512 g/mol. The Morgan fingerprint density at radius 1 is 1.10 bits per heavy atom. The number of hydrogen-bond acceptors (Lipinski definition) is 5. The second kappa shape index (κ2) is 11.1. The summed E-state index contributed by atoms with van der Waals surface area (Å²) in [5.41, 5.74) is 2.91. The van der Waals surface area contributed by atoms with Crippen molar-refractivity contribution in [2.45, 2.75) is 103 Å². The van der Waals surface area contributed by atoms with E-state index < -0.39 is 0 Å². The Kier molecular flexibility index (Phi) is 7.84. The predicted molar refractivity (Wildman–Crippen MR) is 159 cm³/mol. The summed E-state index contributed by atoms with van der Waals surface area (Å²) in [6, 6.07) is 3.83. The molecule has 0 unspecified atom stereocenters. The quantitative estimate of drug-likeness (QED) is 0.324. The number of rotatable bonds is 6. The summed E-state index contributed by atoms with van der Waals surface area (Å²) in [5, 5.41) is 10.3. The number of aromatic nitrogens is 1. The van der Waals surface area contributed by atoms with Crippen LogP contribution in [-0.4, -0.2) is 53.0 Å². The third-order valence-corrected chi connectivity index (χ3v) is 12.8. The molecule has 1 aliphatic heterocycles. The van der Waals surface area contributed by atoms with Crippen molar-refractivity contribution in [2.75, 3.05) is 20.2 Å². The Bertz CT molecular complexity index is 1190. The molecule has 6 rings (SSSR count). The zero-order chi connectivity index (χ0) is 28.9. The lowest BCUT2D eigenvalue weighted by Gasteiger charge is -2.58. The molecule has 1 amide bonds. The highest BCUT2D eigenvalue weighted by molar-refractivity contribution is 5.99. The van der Waals surface area contributed by atoms with Gasteiger partial charge in [-0.1, -0.05) is 32.4 Å². The van der Waals surface area contributed by atoms with E-state index >= 15 is 0 Å². The first-order chi connectivity index (χ1) is 19.7. The van der Waals surface area contributed by atoms with E-state index in [-0.39, 0.29) is 46.9 Å². The van der Waals surface area contributed by atoms with Crippen LogP contribution < -0.4 is 4.74 Å². The fourth-order valence-corrected chi connectivity index (χ4v) is 10.4. The molecule has 2 heterocycles. The number of allylic oxidation sites excluding steroid dienone is 1. The Balaban J connectivity index is 1.07. The highest BCUT2D eigenvalue weighted by Crippen LogP contribution is 2.67. The van der Waals surface area contributed by atoms with Gasteiger partial charge in [-0.15, -0.1) is 0 Å². The third kappa shape index (κ3) is 4.96. The SMILES string of the molecule is COc1cccnc1C1CCN(C(=O)CC(=O)[C@H](C)[C@H]2CC[C@H]3[C@@H]4CC=C5C[C@@H](O)CC[C@]5(C)[C@H]4CC[C@@]23C)CC1. The van der Waals surface area contributed by atoms with Crippen molar-refractivity contribution in [3.8, 4) is 5.75 Å². The maximum Gasteiger partial charge on any atom is 0.230 e. The minimum absolute atomic E-state index is 0.00551. The van der Waals surface area contributed by atoms with Gasteiger partial charge in [0.1, 0.15) is 11.5 Å². The van der Waals surface area contributed by atoms with E-state index in [1.807, 2.05) is 17.0 Å². The molecule has 8 atom stereocenters. The first kappa shape index (κ1) is 28.9. The summed E-state index contributed by atoms with van der Waals surface area (Å²) < 4.78 is 5.51. The second-order valence-electron chi connectivity index (χ2n) is 14.6. The van der Waals surface area contributed by atoms with Crippen LogP contribution in [0.2, 0.25) is 0 Å². The van der Waals surface area contributed by atoms with E-state index in [9.17, 15) is 14.7 Å². The van der Waals surface area contributed by atoms with Crippen LogP contribution in [0.25, 0.3) is 0 Å². The number of aliphatic hydroxyl groups excluding tert-OH is 1. The zero-order valence-electron chi connectivity index (χ0n) is 25.6. The summed E-state index contributed by atoms with van der Waals surface area (Å²) in [7, 11) is 1.68. The van der Waals surface area contributed by atoms with Gasteiger partial charge in [-0.3, -0.25) is 14.6 Å². The number of pyridine rings is 1. The van der Waals surface area contributed by atoms with E-state index in [1.54, 1.807) is 13.3 Å². The molecule has 1 aromatic heterocycles. The van der Waals surface area contributed by atoms with E-state index in [0.717, 1.165) is 56.4 Å². The molecule has 0 radical (unpaired) electrons. The van der Waals surface area contributed by atoms with Crippen molar-refractivity contribution in [1.29, 1.82) is 0 Å². The standard InChI is InChI=1S/C35H50N2O4/c1-22(30(39)21-32(40)37-18-13-23(14-19-37)33-31(41-4)6-5-17-36-33)27-9-10-28-26-8-7-24-20-25(38)11-15-34(24,2)29(26)12-16-35(27,28)3/h5-7,17,22-23,25-29,38H,8-16,18-21H2,1-4H3/t22-,25+,26+,27-,28+,29+,34+,35+/m1/s1. The first-order valence-corrected chi connectivity index (χ1v) is 16.3. The number of likely N-dealkylation sites (tertiary alicyclic amines) is 1. The number of hydrogen-bond donors (Lipinski definition) is 1. The van der Waals surface area contributed by atoms with Crippen LogP contribution in [0, 0.1) is 40.4 Å². The minimum Gasteiger partial charge on any atom is -0.495 e. The summed E-state index contributed by atoms with van der Waals surface area (Å²) in [6.45, 7) is 8.40. The first-order valence-electron chi connectivity index (χ1n) is 16.3. The number of carbonyl (C=O) groups is 2. The van der Waals surface area contributed by atoms with Gasteiger partial charge in [0.2, 0.25) is 5.91 Å². The van der Waals surface area contributed by atoms with E-state index in [1.165, 1.54) is 24.8 Å². The number of fused-ring (bicyclic) bond motifs is 5. The lowest BCUT2D eigenvalue weighted by Crippen LogP contribution is -2.51. The average molecular weight is 563 g/mol. The van der Waals surface area contributed by atoms with Gasteiger partial charge < -0.3 is 14.7 Å². The lowest BCUT2D eigenvalue weighted by atomic mass is 9.47. The van der Waals surface area contributed by atoms with Gasteiger partial charge in [-0.05, 0) is 111 Å². The molecule has 6 nitrogen and oxygen atoms in total. The largest absolute Gasteiger partial charge is 0.495 e. The van der Waals surface area contributed by atoms with Crippen molar-refractivity contribution in [3.63, 3.8) is 0 Å². The topological polar surface area (TPSA) is 79.7 Å². The van der Waals surface area contributed by atoms with Gasteiger partial charge in [0.15, 0.2) is 0 Å². The molecule has 1 N–H and O–H groups in total. The summed E-state index contributed by atoms with van der Waals surface area (Å²) >= 11 is 0. The van der Waals surface area contributed by atoms with Crippen molar-refractivity contribution < 1.29 is 19.4 Å². The molecular formula is C35H50N2O4. The molecule has 0 spiro atoms. The maximum atomic E-state index is 13.6. The number of ketones is 1. The van der Waals surface area contributed by atoms with Crippen LogP contribution in [0.4, 0.5) is 0 Å². The number of aliphatic hydroxyl groups is 1. The van der Waals surface area contributed by atoms with Gasteiger partial charge in [0, 0.05) is 31.1 Å². The van der Waals surface area contributed by atoms with Crippen LogP contribution in [-0.2, 0) is 9.59 Å². The average Bonchev–Trinajstić information content (AvgIpc) is 3.34. The number of nitrogens with zero attached hydrogens (tertiary/aromatic N) is 2. The van der Waals surface area contributed by atoms with E-state index in [4.69, 9.17) is 4.74 Å². The van der Waals surface area contributed by atoms with Crippen LogP contribution in [0.3, 0.4) is 0 Å². The molecule has 4 fully saturated rings. The Morgan fingerprint density at radius 2 is 1.88 bits per heavy atom. The molecule has 5 aliphatic rings. The maximum absolute atomic E-state index is 13.6. The van der Waals surface area contributed by atoms with Gasteiger partial charge in [0.25, 0.3) is 0 Å². The second-order valence-corrected chi connectivity index (χ2v) is 14.6. The minimum atomic E-state index is -0.166. The van der Waals surface area contributed by atoms with Crippen molar-refractivity contribution in [3.05, 3.63) is 35.7 Å². The molecule has 4 aliphatic carbocycles. The zero-order valence-corrected chi connectivity index (χ0v) is 25.6. The molecule has 0 bridgehead atoms. The van der Waals surface area contributed by atoms with Crippen LogP contribution in [0.15, 0.2) is 30.0 Å². The fourth-order valence-electron chi connectivity index (χ4n) is 10.4. The highest BCUT2D eigenvalue weighted by atomic mass is 16.5. The summed E-state index contributed by atoms with van der Waals surface area (Å²) in [5.74, 6) is 3.56. The Hall–Kier alpha value is -2.21. The molecule has 224 valence electrons. The van der Waals surface area contributed by atoms with Crippen LogP contribution >= 0.6 is 0 Å². The summed E-state index contributed by atoms with van der Waals surface area (Å²) in [6.07, 6.45) is 14.6. The number of methoxy groups -OCH3 is 1. The normalized spacial score (nSPS) is 37.8. The number of amides is 1. The van der Waals surface area contributed by atoms with Gasteiger partial charge in [0.05, 0.1) is 25.3 Å². The highest BCUT2D eigenvalue weighted by Gasteiger charge is 2.59. The Labute approximate surface area is 246 Å². The van der Waals surface area contributed by atoms with Gasteiger partial charge in [-0.25, -0.2) is 0 Å². The molecule has 1 saturated heterocycles. The summed E-state index contributed by atoms with van der Waals surface area (Å²) in [4.78, 5) is 33.3. The number of piperidine rings is 1. The smallest absolute Gasteiger partial charge is 0.230 e. The van der Waals surface area contributed by atoms with E-state index in [0.29, 0.717) is 36.8 Å². The monoisotopic (exact) mass is 562 g/mol. The number of Topliss-reactive ketones (excluding diaryl/α,β-unsaturated/α-hetero) is 1. The van der Waals surface area contributed by atoms with Gasteiger partial charge >= 0.3 is 0 Å². The molecule has 1 aromatic rings. The van der Waals surface area contributed by atoms with Crippen LogP contribution in [0.1, 0.15) is 103 Å². The van der Waals surface area contributed by atoms with Crippen molar-refractivity contribution in [2.24, 2.45) is 40.4 Å². The van der Waals surface area contributed by atoms with Gasteiger partial charge in [-0.2, -0.15) is 0 Å². The third-order valence-electron chi connectivity index (χ3n) is 12.8. The molecule has 0 aromatic carbocycles. The number of ether oxygens (including phenoxy) is 1.